The number of carbonyl (C=O) groups is 2. The van der Waals surface area contributed by atoms with Crippen LogP contribution in [-0.4, -0.2) is 12.1 Å². The van der Waals surface area contributed by atoms with Crippen LogP contribution in [0.3, 0.4) is 0 Å². The maximum Gasteiger partial charge on any atom is 0.418 e. The van der Waals surface area contributed by atoms with Crippen LogP contribution >= 0.6 is 0 Å². The van der Waals surface area contributed by atoms with E-state index in [1.165, 1.54) is 18.2 Å². The zero-order chi connectivity index (χ0) is 19.3. The minimum atomic E-state index is -4.57. The van der Waals surface area contributed by atoms with Crippen molar-refractivity contribution < 1.29 is 22.8 Å². The molecule has 4 amide bonds. The summed E-state index contributed by atoms with van der Waals surface area (Å²) in [6.07, 6.45) is -4.57. The molecule has 0 aromatic heterocycles. The molecule has 0 bridgehead atoms. The van der Waals surface area contributed by atoms with Crippen molar-refractivity contribution in [1.82, 2.24) is 5.32 Å². The standard InChI is InChI=1S/C17H17F3N4O2/c1-10(11-6-8-12(9-7-11)23-15(21)25)22-16(26)24-14-5-3-2-4-13(14)17(18,19)20/h2-10H,1H3,(H3,21,23,25)(H2,22,24,26)/t10-/m0/s1. The molecule has 2 rings (SSSR count). The zero-order valence-electron chi connectivity index (χ0n) is 13.7. The van der Waals surface area contributed by atoms with Gasteiger partial charge in [-0.2, -0.15) is 13.2 Å². The largest absolute Gasteiger partial charge is 0.418 e. The number of rotatable bonds is 4. The number of para-hydroxylation sites is 1. The minimum Gasteiger partial charge on any atom is -0.351 e. The summed E-state index contributed by atoms with van der Waals surface area (Å²) >= 11 is 0. The van der Waals surface area contributed by atoms with Crippen molar-refractivity contribution >= 4 is 23.4 Å². The van der Waals surface area contributed by atoms with E-state index in [1.54, 1.807) is 31.2 Å². The van der Waals surface area contributed by atoms with Gasteiger partial charge in [-0.1, -0.05) is 24.3 Å². The third-order valence-electron chi connectivity index (χ3n) is 3.51. The number of urea groups is 2. The number of carbonyl (C=O) groups excluding carboxylic acids is 2. The van der Waals surface area contributed by atoms with Crippen LogP contribution in [0.5, 0.6) is 0 Å². The second-order valence-electron chi connectivity index (χ2n) is 5.47. The smallest absolute Gasteiger partial charge is 0.351 e. The number of primary amides is 1. The average Bonchev–Trinajstić information content (AvgIpc) is 2.54. The van der Waals surface area contributed by atoms with Gasteiger partial charge in [-0.05, 0) is 36.8 Å². The Morgan fingerprint density at radius 1 is 1.00 bits per heavy atom. The molecule has 0 unspecified atom stereocenters. The van der Waals surface area contributed by atoms with Crippen LogP contribution in [0.1, 0.15) is 24.1 Å². The number of amides is 4. The van der Waals surface area contributed by atoms with Gasteiger partial charge in [0.25, 0.3) is 0 Å². The summed E-state index contributed by atoms with van der Waals surface area (Å²) in [7, 11) is 0. The number of hydrogen-bond donors (Lipinski definition) is 4. The van der Waals surface area contributed by atoms with E-state index in [4.69, 9.17) is 5.73 Å². The van der Waals surface area contributed by atoms with Gasteiger partial charge in [0.2, 0.25) is 0 Å². The van der Waals surface area contributed by atoms with Crippen LogP contribution in [0.2, 0.25) is 0 Å². The average molecular weight is 366 g/mol. The molecule has 0 aliphatic carbocycles. The molecule has 2 aromatic carbocycles. The van der Waals surface area contributed by atoms with Gasteiger partial charge >= 0.3 is 18.2 Å². The van der Waals surface area contributed by atoms with E-state index in [2.05, 4.69) is 16.0 Å². The summed E-state index contributed by atoms with van der Waals surface area (Å²) in [5, 5.41) is 7.16. The van der Waals surface area contributed by atoms with Gasteiger partial charge in [0.05, 0.1) is 17.3 Å². The normalized spacial score (nSPS) is 12.2. The molecule has 0 radical (unpaired) electrons. The minimum absolute atomic E-state index is 0.328. The topological polar surface area (TPSA) is 96.2 Å². The second kappa shape index (κ2) is 7.77. The quantitative estimate of drug-likeness (QED) is 0.656. The summed E-state index contributed by atoms with van der Waals surface area (Å²) in [6.45, 7) is 1.67. The first-order valence-electron chi connectivity index (χ1n) is 7.57. The Balaban J connectivity index is 2.03. The lowest BCUT2D eigenvalue weighted by atomic mass is 10.1. The SMILES string of the molecule is C[C@H](NC(=O)Nc1ccccc1C(F)(F)F)c1ccc(NC(N)=O)cc1. The number of benzene rings is 2. The van der Waals surface area contributed by atoms with E-state index in [-0.39, 0.29) is 5.69 Å². The highest BCUT2D eigenvalue weighted by atomic mass is 19.4. The van der Waals surface area contributed by atoms with Gasteiger partial charge in [-0.3, -0.25) is 0 Å². The van der Waals surface area contributed by atoms with Gasteiger partial charge in [0.1, 0.15) is 0 Å². The molecule has 1 atom stereocenters. The van der Waals surface area contributed by atoms with Crippen LogP contribution < -0.4 is 21.7 Å². The summed E-state index contributed by atoms with van der Waals surface area (Å²) < 4.78 is 38.8. The summed E-state index contributed by atoms with van der Waals surface area (Å²) in [6, 6.07) is 9.26. The number of alkyl halides is 3. The Morgan fingerprint density at radius 3 is 2.19 bits per heavy atom. The molecular weight excluding hydrogens is 349 g/mol. The van der Waals surface area contributed by atoms with E-state index in [1.807, 2.05) is 0 Å². The number of nitrogens with two attached hydrogens (primary N) is 1. The molecule has 0 spiro atoms. The van der Waals surface area contributed by atoms with Crippen LogP contribution in [0.25, 0.3) is 0 Å². The second-order valence-corrected chi connectivity index (χ2v) is 5.47. The van der Waals surface area contributed by atoms with E-state index in [0.717, 1.165) is 6.07 Å². The van der Waals surface area contributed by atoms with Crippen molar-refractivity contribution in [1.29, 1.82) is 0 Å². The van der Waals surface area contributed by atoms with Crippen molar-refractivity contribution in [3.63, 3.8) is 0 Å². The Labute approximate surface area is 147 Å². The fraction of sp³-hybridized carbons (Fsp3) is 0.176. The Morgan fingerprint density at radius 2 is 1.62 bits per heavy atom. The molecule has 0 heterocycles. The molecule has 0 fully saturated rings. The highest BCUT2D eigenvalue weighted by Gasteiger charge is 2.33. The maximum atomic E-state index is 12.9. The molecule has 138 valence electrons. The van der Waals surface area contributed by atoms with Gasteiger partial charge < -0.3 is 21.7 Å². The molecule has 0 saturated heterocycles. The fourth-order valence-electron chi connectivity index (χ4n) is 2.28. The summed E-state index contributed by atoms with van der Waals surface area (Å²) in [5.41, 5.74) is 4.93. The van der Waals surface area contributed by atoms with Gasteiger partial charge in [0.15, 0.2) is 0 Å². The molecule has 2 aromatic rings. The van der Waals surface area contributed by atoms with Gasteiger partial charge in [-0.15, -0.1) is 0 Å². The van der Waals surface area contributed by atoms with Crippen LogP contribution in [0, 0.1) is 0 Å². The first-order valence-corrected chi connectivity index (χ1v) is 7.57. The third-order valence-corrected chi connectivity index (χ3v) is 3.51. The van der Waals surface area contributed by atoms with Crippen molar-refractivity contribution in [2.45, 2.75) is 19.1 Å². The molecule has 9 heteroatoms. The molecule has 6 nitrogen and oxygen atoms in total. The molecular formula is C17H17F3N4O2. The van der Waals surface area contributed by atoms with Crippen LogP contribution in [0.15, 0.2) is 48.5 Å². The first kappa shape index (κ1) is 19.1. The lowest BCUT2D eigenvalue weighted by Gasteiger charge is -2.17. The Hall–Kier alpha value is -3.23. The fourth-order valence-corrected chi connectivity index (χ4v) is 2.28. The number of hydrogen-bond acceptors (Lipinski definition) is 2. The first-order chi connectivity index (χ1) is 12.2. The van der Waals surface area contributed by atoms with Crippen molar-refractivity contribution in [2.24, 2.45) is 5.73 Å². The predicted octanol–water partition coefficient (Wildman–Crippen LogP) is 4.08. The third kappa shape index (κ3) is 5.13. The van der Waals surface area contributed by atoms with E-state index < -0.39 is 29.8 Å². The molecule has 5 N–H and O–H groups in total. The predicted molar refractivity (Wildman–Crippen MR) is 91.7 cm³/mol. The lowest BCUT2D eigenvalue weighted by molar-refractivity contribution is -0.136. The van der Waals surface area contributed by atoms with Crippen molar-refractivity contribution in [3.8, 4) is 0 Å². The van der Waals surface area contributed by atoms with E-state index in [0.29, 0.717) is 11.3 Å². The van der Waals surface area contributed by atoms with Gasteiger partial charge in [-0.25, -0.2) is 9.59 Å². The van der Waals surface area contributed by atoms with Crippen LogP contribution in [0.4, 0.5) is 34.1 Å². The summed E-state index contributed by atoms with van der Waals surface area (Å²) in [5.74, 6) is 0. The number of nitrogens with one attached hydrogen (secondary N) is 3. The highest BCUT2D eigenvalue weighted by Crippen LogP contribution is 2.34. The van der Waals surface area contributed by atoms with Crippen LogP contribution in [-0.2, 0) is 6.18 Å². The van der Waals surface area contributed by atoms with Crippen molar-refractivity contribution in [2.75, 3.05) is 10.6 Å². The van der Waals surface area contributed by atoms with Gasteiger partial charge in [0, 0.05) is 5.69 Å². The lowest BCUT2D eigenvalue weighted by Crippen LogP contribution is -2.31. The van der Waals surface area contributed by atoms with Crippen molar-refractivity contribution in [3.05, 3.63) is 59.7 Å². The zero-order valence-corrected chi connectivity index (χ0v) is 13.7. The number of anilines is 2. The maximum absolute atomic E-state index is 12.9. The monoisotopic (exact) mass is 366 g/mol. The molecule has 0 aliphatic heterocycles. The molecule has 26 heavy (non-hydrogen) atoms. The van der Waals surface area contributed by atoms with E-state index >= 15 is 0 Å². The number of halogens is 3. The Kier molecular flexibility index (Phi) is 5.71. The highest BCUT2D eigenvalue weighted by molar-refractivity contribution is 5.90. The molecule has 0 saturated carbocycles. The summed E-state index contributed by atoms with van der Waals surface area (Å²) in [4.78, 5) is 22.8. The Bertz CT molecular complexity index is 791. The van der Waals surface area contributed by atoms with E-state index in [9.17, 15) is 22.8 Å². The molecule has 0 aliphatic rings.